The molecule has 0 bridgehead atoms. The van der Waals surface area contributed by atoms with E-state index in [1.165, 1.54) is 0 Å². The number of anilines is 1. The summed E-state index contributed by atoms with van der Waals surface area (Å²) in [5, 5.41) is 3.44. The zero-order valence-electron chi connectivity index (χ0n) is 11.5. The first-order chi connectivity index (χ1) is 8.71. The summed E-state index contributed by atoms with van der Waals surface area (Å²) in [4.78, 5) is 0. The van der Waals surface area contributed by atoms with Crippen molar-refractivity contribution in [2.75, 3.05) is 19.0 Å². The van der Waals surface area contributed by atoms with E-state index in [1.54, 1.807) is 7.11 Å². The van der Waals surface area contributed by atoms with Crippen molar-refractivity contribution in [3.05, 3.63) is 30.9 Å². The third-order valence-electron chi connectivity index (χ3n) is 2.68. The lowest BCUT2D eigenvalue weighted by Crippen LogP contribution is -2.14. The van der Waals surface area contributed by atoms with E-state index in [4.69, 9.17) is 9.47 Å². The van der Waals surface area contributed by atoms with Gasteiger partial charge in [-0.3, -0.25) is 0 Å². The van der Waals surface area contributed by atoms with Crippen LogP contribution in [0, 0.1) is 0 Å². The number of hydrogen-bond acceptors (Lipinski definition) is 3. The van der Waals surface area contributed by atoms with Gasteiger partial charge in [0.1, 0.15) is 0 Å². The molecule has 0 amide bonds. The lowest BCUT2D eigenvalue weighted by atomic mass is 10.1. The molecule has 1 aromatic rings. The first kappa shape index (κ1) is 14.4. The zero-order valence-corrected chi connectivity index (χ0v) is 11.5. The minimum Gasteiger partial charge on any atom is -0.493 e. The van der Waals surface area contributed by atoms with E-state index in [1.807, 2.05) is 31.2 Å². The third kappa shape index (κ3) is 4.32. The third-order valence-corrected chi connectivity index (χ3v) is 2.68. The summed E-state index contributed by atoms with van der Waals surface area (Å²) in [5.41, 5.74) is 1.05. The quantitative estimate of drug-likeness (QED) is 0.710. The summed E-state index contributed by atoms with van der Waals surface area (Å²) < 4.78 is 10.8. The topological polar surface area (TPSA) is 30.5 Å². The Balaban J connectivity index is 2.71. The molecule has 0 saturated carbocycles. The van der Waals surface area contributed by atoms with Gasteiger partial charge in [0.25, 0.3) is 0 Å². The molecule has 1 rings (SSSR count). The maximum Gasteiger partial charge on any atom is 0.163 e. The van der Waals surface area contributed by atoms with Crippen LogP contribution in [0.5, 0.6) is 11.5 Å². The molecule has 1 aromatic carbocycles. The molecule has 0 aliphatic carbocycles. The van der Waals surface area contributed by atoms with Crippen molar-refractivity contribution in [2.45, 2.75) is 32.7 Å². The second-order valence-corrected chi connectivity index (χ2v) is 4.21. The Morgan fingerprint density at radius 1 is 1.39 bits per heavy atom. The summed E-state index contributed by atoms with van der Waals surface area (Å²) in [7, 11) is 1.65. The van der Waals surface area contributed by atoms with Crippen LogP contribution >= 0.6 is 0 Å². The number of ether oxygens (including phenoxy) is 2. The Morgan fingerprint density at radius 3 is 2.78 bits per heavy atom. The molecule has 1 atom stereocenters. The molecule has 0 saturated heterocycles. The van der Waals surface area contributed by atoms with Gasteiger partial charge in [-0.05, 0) is 38.8 Å². The van der Waals surface area contributed by atoms with Crippen LogP contribution in [-0.2, 0) is 0 Å². The minimum absolute atomic E-state index is 0.408. The van der Waals surface area contributed by atoms with Crippen LogP contribution in [0.1, 0.15) is 26.7 Å². The van der Waals surface area contributed by atoms with Crippen molar-refractivity contribution in [1.82, 2.24) is 0 Å². The van der Waals surface area contributed by atoms with Crippen LogP contribution in [0.4, 0.5) is 5.69 Å². The molecule has 0 heterocycles. The van der Waals surface area contributed by atoms with Gasteiger partial charge in [0, 0.05) is 17.8 Å². The molecule has 100 valence electrons. The van der Waals surface area contributed by atoms with E-state index in [2.05, 4.69) is 18.8 Å². The van der Waals surface area contributed by atoms with Gasteiger partial charge in [0.05, 0.1) is 13.7 Å². The smallest absolute Gasteiger partial charge is 0.163 e. The fourth-order valence-electron chi connectivity index (χ4n) is 1.76. The molecular weight excluding hydrogens is 226 g/mol. The number of allylic oxidation sites excluding steroid dienone is 1. The highest BCUT2D eigenvalue weighted by atomic mass is 16.5. The maximum absolute atomic E-state index is 5.55. The molecule has 1 unspecified atom stereocenters. The first-order valence-electron chi connectivity index (χ1n) is 6.39. The largest absolute Gasteiger partial charge is 0.493 e. The molecule has 0 aliphatic rings. The molecule has 18 heavy (non-hydrogen) atoms. The van der Waals surface area contributed by atoms with Crippen LogP contribution < -0.4 is 14.8 Å². The molecule has 0 aliphatic heterocycles. The number of hydrogen-bond donors (Lipinski definition) is 1. The second kappa shape index (κ2) is 7.64. The van der Waals surface area contributed by atoms with E-state index in [9.17, 15) is 0 Å². The van der Waals surface area contributed by atoms with E-state index in [-0.39, 0.29) is 0 Å². The van der Waals surface area contributed by atoms with Gasteiger partial charge in [-0.25, -0.2) is 0 Å². The average molecular weight is 249 g/mol. The van der Waals surface area contributed by atoms with Gasteiger partial charge in [-0.1, -0.05) is 6.08 Å². The van der Waals surface area contributed by atoms with Crippen molar-refractivity contribution in [3.63, 3.8) is 0 Å². The monoisotopic (exact) mass is 249 g/mol. The van der Waals surface area contributed by atoms with Gasteiger partial charge in [0.2, 0.25) is 0 Å². The van der Waals surface area contributed by atoms with E-state index >= 15 is 0 Å². The van der Waals surface area contributed by atoms with Crippen molar-refractivity contribution < 1.29 is 9.47 Å². The van der Waals surface area contributed by atoms with E-state index in [0.29, 0.717) is 12.6 Å². The Labute approximate surface area is 110 Å². The first-order valence-corrected chi connectivity index (χ1v) is 6.39. The molecule has 3 nitrogen and oxygen atoms in total. The van der Waals surface area contributed by atoms with Crippen LogP contribution in [0.2, 0.25) is 0 Å². The van der Waals surface area contributed by atoms with Crippen molar-refractivity contribution >= 4 is 5.69 Å². The van der Waals surface area contributed by atoms with Crippen LogP contribution in [0.25, 0.3) is 0 Å². The maximum atomic E-state index is 5.55. The van der Waals surface area contributed by atoms with Gasteiger partial charge >= 0.3 is 0 Å². The van der Waals surface area contributed by atoms with Crippen LogP contribution in [0.3, 0.4) is 0 Å². The Bertz CT molecular complexity index is 377. The van der Waals surface area contributed by atoms with Gasteiger partial charge in [-0.15, -0.1) is 6.58 Å². The Kier molecular flexibility index (Phi) is 6.12. The summed E-state index contributed by atoms with van der Waals surface area (Å²) in [6.07, 6.45) is 4.03. The van der Waals surface area contributed by atoms with E-state index < -0.39 is 0 Å². The summed E-state index contributed by atoms with van der Waals surface area (Å²) >= 11 is 0. The second-order valence-electron chi connectivity index (χ2n) is 4.21. The highest BCUT2D eigenvalue weighted by Crippen LogP contribution is 2.30. The predicted octanol–water partition coefficient (Wildman–Crippen LogP) is 3.86. The molecule has 0 aromatic heterocycles. The SMILES string of the molecule is C=CCCC(C)Nc1ccc(OC)c(OCC)c1. The Morgan fingerprint density at radius 2 is 2.17 bits per heavy atom. The summed E-state index contributed by atoms with van der Waals surface area (Å²) in [6.45, 7) is 8.49. The Hall–Kier alpha value is -1.64. The van der Waals surface area contributed by atoms with Crippen LogP contribution in [0.15, 0.2) is 30.9 Å². The predicted molar refractivity (Wildman–Crippen MR) is 76.7 cm³/mol. The summed E-state index contributed by atoms with van der Waals surface area (Å²) in [5.74, 6) is 1.54. The number of nitrogens with one attached hydrogen (secondary N) is 1. The number of methoxy groups -OCH3 is 1. The van der Waals surface area contributed by atoms with Gasteiger partial charge in [0.15, 0.2) is 11.5 Å². The van der Waals surface area contributed by atoms with Crippen molar-refractivity contribution in [3.8, 4) is 11.5 Å². The normalized spacial score (nSPS) is 11.7. The van der Waals surface area contributed by atoms with Gasteiger partial charge in [-0.2, -0.15) is 0 Å². The molecule has 1 N–H and O–H groups in total. The fraction of sp³-hybridized carbons (Fsp3) is 0.467. The number of benzene rings is 1. The minimum atomic E-state index is 0.408. The van der Waals surface area contributed by atoms with Gasteiger partial charge < -0.3 is 14.8 Å². The number of rotatable bonds is 8. The van der Waals surface area contributed by atoms with E-state index in [0.717, 1.165) is 30.0 Å². The van der Waals surface area contributed by atoms with Crippen molar-refractivity contribution in [2.24, 2.45) is 0 Å². The molecule has 0 fully saturated rings. The average Bonchev–Trinajstić information content (AvgIpc) is 2.37. The standard InChI is InChI=1S/C15H23NO2/c1-5-7-8-12(3)16-13-9-10-14(17-4)15(11-13)18-6-2/h5,9-12,16H,1,6-8H2,2-4H3. The van der Waals surface area contributed by atoms with Crippen molar-refractivity contribution in [1.29, 1.82) is 0 Å². The molecule has 0 radical (unpaired) electrons. The fourth-order valence-corrected chi connectivity index (χ4v) is 1.76. The lowest BCUT2D eigenvalue weighted by Gasteiger charge is -2.16. The molecule has 0 spiro atoms. The highest BCUT2D eigenvalue weighted by molar-refractivity contribution is 5.55. The summed E-state index contributed by atoms with van der Waals surface area (Å²) in [6, 6.07) is 6.32. The lowest BCUT2D eigenvalue weighted by molar-refractivity contribution is 0.311. The highest BCUT2D eigenvalue weighted by Gasteiger charge is 2.07. The molecule has 3 heteroatoms. The zero-order chi connectivity index (χ0) is 13.4. The van der Waals surface area contributed by atoms with Crippen LogP contribution in [-0.4, -0.2) is 19.8 Å². The molecular formula is C15H23NO2.